The molecule has 2 fully saturated rings. The number of nitrogens with one attached hydrogen (secondary N) is 1. The fourth-order valence-corrected chi connectivity index (χ4v) is 4.59. The molecular weight excluding hydrogens is 475 g/mol. The molecule has 11 heteroatoms. The number of pyridine rings is 1. The van der Waals surface area contributed by atoms with Gasteiger partial charge in [0.05, 0.1) is 18.9 Å². The lowest BCUT2D eigenvalue weighted by atomic mass is 9.77. The first-order valence-electron chi connectivity index (χ1n) is 11.1. The van der Waals surface area contributed by atoms with E-state index in [-0.39, 0.29) is 17.2 Å². The zero-order valence-electron chi connectivity index (χ0n) is 19.2. The van der Waals surface area contributed by atoms with Crippen LogP contribution in [0.25, 0.3) is 0 Å². The summed E-state index contributed by atoms with van der Waals surface area (Å²) in [6.07, 6.45) is -4.32. The van der Waals surface area contributed by atoms with E-state index in [1.807, 2.05) is 0 Å². The van der Waals surface area contributed by atoms with Crippen LogP contribution in [0.4, 0.5) is 27.6 Å². The number of aliphatic hydroxyl groups excluding tert-OH is 1. The summed E-state index contributed by atoms with van der Waals surface area (Å²) in [6, 6.07) is 4.73. The third-order valence-corrected chi connectivity index (χ3v) is 6.99. The Balaban J connectivity index is 1.71. The van der Waals surface area contributed by atoms with Gasteiger partial charge in [-0.25, -0.2) is 4.39 Å². The molecule has 0 bridgehead atoms. The van der Waals surface area contributed by atoms with Crippen LogP contribution in [0.1, 0.15) is 50.0 Å². The second-order valence-electron chi connectivity index (χ2n) is 9.18. The molecule has 2 N–H and O–H groups in total. The zero-order chi connectivity index (χ0) is 25.7. The van der Waals surface area contributed by atoms with E-state index in [0.717, 1.165) is 39.0 Å². The van der Waals surface area contributed by atoms with Gasteiger partial charge < -0.3 is 19.9 Å². The normalized spacial score (nSPS) is 27.5. The molecule has 2 heterocycles. The fourth-order valence-electron chi connectivity index (χ4n) is 4.59. The first-order chi connectivity index (χ1) is 16.4. The molecule has 35 heavy (non-hydrogen) atoms. The molecule has 1 aliphatic carbocycles. The molecule has 190 valence electrons. The summed E-state index contributed by atoms with van der Waals surface area (Å²) in [4.78, 5) is 17.3. The van der Waals surface area contributed by atoms with E-state index >= 15 is 0 Å². The number of ether oxygens (including phenoxy) is 2. The van der Waals surface area contributed by atoms with Gasteiger partial charge in [0, 0.05) is 29.3 Å². The first kappa shape index (κ1) is 25.3. The van der Waals surface area contributed by atoms with Crippen molar-refractivity contribution in [2.24, 2.45) is 11.8 Å². The Morgan fingerprint density at radius 2 is 1.97 bits per heavy atom. The van der Waals surface area contributed by atoms with Crippen molar-refractivity contribution >= 4 is 11.6 Å². The van der Waals surface area contributed by atoms with Crippen molar-refractivity contribution in [1.82, 2.24) is 4.98 Å². The minimum absolute atomic E-state index is 0.0742. The van der Waals surface area contributed by atoms with E-state index in [2.05, 4.69) is 10.3 Å². The Bertz CT molecular complexity index is 1120. The average molecular weight is 500 g/mol. The first-order valence-corrected chi connectivity index (χ1v) is 11.1. The van der Waals surface area contributed by atoms with Crippen molar-refractivity contribution in [2.45, 2.75) is 56.6 Å². The van der Waals surface area contributed by atoms with Crippen LogP contribution in [-0.2, 0) is 9.53 Å². The Hall–Kier alpha value is -2.79. The van der Waals surface area contributed by atoms with Gasteiger partial charge in [-0.15, -0.1) is 0 Å². The Labute approximate surface area is 198 Å². The molecule has 1 saturated carbocycles. The van der Waals surface area contributed by atoms with Gasteiger partial charge in [-0.2, -0.15) is 17.6 Å². The van der Waals surface area contributed by atoms with Crippen molar-refractivity contribution < 1.29 is 41.3 Å². The van der Waals surface area contributed by atoms with E-state index in [0.29, 0.717) is 5.69 Å². The van der Waals surface area contributed by atoms with Crippen molar-refractivity contribution in [2.75, 3.05) is 12.4 Å². The molecule has 1 aliphatic heterocycles. The van der Waals surface area contributed by atoms with Crippen LogP contribution < -0.4 is 10.1 Å². The zero-order valence-corrected chi connectivity index (χ0v) is 19.2. The third-order valence-electron chi connectivity index (χ3n) is 6.99. The molecule has 1 aromatic carbocycles. The van der Waals surface area contributed by atoms with Gasteiger partial charge in [0.1, 0.15) is 6.10 Å². The number of nitrogens with zero attached hydrogens (tertiary/aromatic N) is 1. The Morgan fingerprint density at radius 3 is 2.57 bits per heavy atom. The molecule has 0 unspecified atom stereocenters. The number of amides is 1. The number of rotatable bonds is 6. The second-order valence-corrected chi connectivity index (χ2v) is 9.18. The molecule has 1 aromatic heterocycles. The molecule has 1 saturated heterocycles. The van der Waals surface area contributed by atoms with E-state index in [1.165, 1.54) is 25.3 Å². The quantitative estimate of drug-likeness (QED) is 0.552. The largest absolute Gasteiger partial charge is 0.493 e. The van der Waals surface area contributed by atoms with Crippen molar-refractivity contribution in [1.29, 1.82) is 0 Å². The number of aromatic nitrogens is 1. The third kappa shape index (κ3) is 4.47. The highest BCUT2D eigenvalue weighted by atomic mass is 19.4. The smallest absolute Gasteiger partial charge is 0.417 e. The molecule has 0 spiro atoms. The average Bonchev–Trinajstić information content (AvgIpc) is 3.61. The summed E-state index contributed by atoms with van der Waals surface area (Å²) < 4.78 is 80.7. The molecule has 2 aliphatic rings. The number of hydrogen-bond donors (Lipinski definition) is 2. The Morgan fingerprint density at radius 1 is 1.29 bits per heavy atom. The fraction of sp³-hybridized carbons (Fsp3) is 0.500. The minimum Gasteiger partial charge on any atom is -0.493 e. The van der Waals surface area contributed by atoms with Crippen molar-refractivity contribution in [3.05, 3.63) is 53.4 Å². The summed E-state index contributed by atoms with van der Waals surface area (Å²) >= 11 is 0. The number of methoxy groups -OCH3 is 1. The maximum Gasteiger partial charge on any atom is 0.417 e. The molecule has 6 nitrogen and oxygen atoms in total. The molecule has 5 atom stereocenters. The number of hydrogen-bond acceptors (Lipinski definition) is 5. The maximum atomic E-state index is 14.4. The van der Waals surface area contributed by atoms with Crippen LogP contribution in [0.3, 0.4) is 0 Å². The van der Waals surface area contributed by atoms with E-state index in [1.54, 1.807) is 0 Å². The topological polar surface area (TPSA) is 80.7 Å². The highest BCUT2D eigenvalue weighted by Crippen LogP contribution is 2.55. The lowest BCUT2D eigenvalue weighted by Gasteiger charge is -2.32. The summed E-state index contributed by atoms with van der Waals surface area (Å²) in [5, 5.41) is 12.8. The highest BCUT2D eigenvalue weighted by molar-refractivity contribution is 5.95. The number of anilines is 1. The number of halogens is 5. The van der Waals surface area contributed by atoms with Gasteiger partial charge in [-0.05, 0) is 43.9 Å². The summed E-state index contributed by atoms with van der Waals surface area (Å²) in [5.41, 5.74) is -2.34. The molecule has 0 radical (unpaired) electrons. The summed E-state index contributed by atoms with van der Waals surface area (Å²) in [5.74, 6) is -6.72. The SMILES string of the molecule is COc1c([C@H]2[C@H](C(=O)Nc3ccnc([C@H](O)C4CC4)c3)O[C@@](C)(C(F)(F)F)[C@H]2C)ccc(F)c1F. The van der Waals surface area contributed by atoms with Crippen LogP contribution in [0.2, 0.25) is 0 Å². The lowest BCUT2D eigenvalue weighted by Crippen LogP contribution is -2.47. The Kier molecular flexibility index (Phi) is 6.52. The maximum absolute atomic E-state index is 14.4. The van der Waals surface area contributed by atoms with Gasteiger partial charge >= 0.3 is 6.18 Å². The molecular formula is C24H25F5N2O4. The molecule has 1 amide bonds. The van der Waals surface area contributed by atoms with Gasteiger partial charge in [0.2, 0.25) is 5.82 Å². The van der Waals surface area contributed by atoms with E-state index in [4.69, 9.17) is 9.47 Å². The number of benzene rings is 1. The number of aliphatic hydroxyl groups is 1. The number of carbonyl (C=O) groups is 1. The number of alkyl halides is 3. The van der Waals surface area contributed by atoms with Crippen LogP contribution in [0, 0.1) is 23.5 Å². The van der Waals surface area contributed by atoms with E-state index in [9.17, 15) is 31.9 Å². The van der Waals surface area contributed by atoms with E-state index < -0.39 is 59.1 Å². The van der Waals surface area contributed by atoms with Gasteiger partial charge in [0.25, 0.3) is 5.91 Å². The molecule has 4 rings (SSSR count). The minimum atomic E-state index is -4.86. The standard InChI is InChI=1S/C24H25F5N2O4/c1-11-17(14-6-7-15(25)18(26)20(14)34-3)21(35-23(11,2)24(27,28)29)22(33)31-13-8-9-30-16(10-13)19(32)12-4-5-12/h6-12,17,19,21,32H,4-5H2,1-3H3,(H,30,31,33)/t11-,17-,19+,21+,23+/m0/s1. The molecule has 2 aromatic rings. The monoisotopic (exact) mass is 500 g/mol. The van der Waals surface area contributed by atoms with Gasteiger partial charge in [-0.3, -0.25) is 9.78 Å². The van der Waals surface area contributed by atoms with Crippen LogP contribution >= 0.6 is 0 Å². The van der Waals surface area contributed by atoms with Crippen molar-refractivity contribution in [3.63, 3.8) is 0 Å². The van der Waals surface area contributed by atoms with Gasteiger partial charge in [-0.1, -0.05) is 13.0 Å². The van der Waals surface area contributed by atoms with Crippen molar-refractivity contribution in [3.8, 4) is 5.75 Å². The second kappa shape index (κ2) is 9.02. The number of carbonyl (C=O) groups excluding carboxylic acids is 1. The predicted octanol–water partition coefficient (Wildman–Crippen LogP) is 4.89. The highest BCUT2D eigenvalue weighted by Gasteiger charge is 2.65. The lowest BCUT2D eigenvalue weighted by molar-refractivity contribution is -0.272. The van der Waals surface area contributed by atoms with Gasteiger partial charge in [0.15, 0.2) is 17.2 Å². The summed E-state index contributed by atoms with van der Waals surface area (Å²) in [7, 11) is 1.06. The predicted molar refractivity (Wildman–Crippen MR) is 115 cm³/mol. The van der Waals surface area contributed by atoms with Crippen LogP contribution in [-0.4, -0.2) is 41.0 Å². The summed E-state index contributed by atoms with van der Waals surface area (Å²) in [6.45, 7) is 2.06. The van der Waals surface area contributed by atoms with Crippen LogP contribution in [0.5, 0.6) is 5.75 Å². The van der Waals surface area contributed by atoms with Crippen LogP contribution in [0.15, 0.2) is 30.5 Å².